The van der Waals surface area contributed by atoms with Crippen molar-refractivity contribution in [2.24, 2.45) is 5.92 Å². The number of carbonyl (C=O) groups excluding carboxylic acids is 1. The van der Waals surface area contributed by atoms with Gasteiger partial charge in [0.05, 0.1) is 18.8 Å². The summed E-state index contributed by atoms with van der Waals surface area (Å²) in [5.74, 6) is -0.884. The lowest BCUT2D eigenvalue weighted by molar-refractivity contribution is -0.141. The number of nitrogens with zero attached hydrogens (tertiary/aromatic N) is 1. The number of amides is 2. The van der Waals surface area contributed by atoms with Crippen molar-refractivity contribution in [1.29, 1.82) is 0 Å². The molecule has 1 aliphatic carbocycles. The molecule has 0 aromatic carbocycles. The summed E-state index contributed by atoms with van der Waals surface area (Å²) in [4.78, 5) is 25.7. The minimum atomic E-state index is -0.929. The Bertz CT molecular complexity index is 391. The normalized spacial score (nSPS) is 24.4. The van der Waals surface area contributed by atoms with Gasteiger partial charge in [-0.25, -0.2) is 9.59 Å². The summed E-state index contributed by atoms with van der Waals surface area (Å²) in [5, 5.41) is 12.2. The molecule has 1 saturated carbocycles. The fourth-order valence-electron chi connectivity index (χ4n) is 3.29. The topological polar surface area (TPSA) is 78.9 Å². The van der Waals surface area contributed by atoms with Crippen LogP contribution in [-0.2, 0) is 9.53 Å². The summed E-state index contributed by atoms with van der Waals surface area (Å²) < 4.78 is 5.40. The van der Waals surface area contributed by atoms with Gasteiger partial charge in [0, 0.05) is 6.54 Å². The monoisotopic (exact) mass is 298 g/mol. The first kappa shape index (κ1) is 16.1. The number of morpholine rings is 1. The summed E-state index contributed by atoms with van der Waals surface area (Å²) in [7, 11) is 0. The van der Waals surface area contributed by atoms with Crippen molar-refractivity contribution in [2.75, 3.05) is 19.8 Å². The fourth-order valence-corrected chi connectivity index (χ4v) is 3.29. The molecule has 6 nitrogen and oxygen atoms in total. The summed E-state index contributed by atoms with van der Waals surface area (Å²) in [6, 6.07) is -1.07. The summed E-state index contributed by atoms with van der Waals surface area (Å²) in [6.07, 6.45) is 5.02. The van der Waals surface area contributed by atoms with Gasteiger partial charge in [0.15, 0.2) is 0 Å². The lowest BCUT2D eigenvalue weighted by Crippen LogP contribution is -2.61. The summed E-state index contributed by atoms with van der Waals surface area (Å²) >= 11 is 0. The molecule has 1 heterocycles. The van der Waals surface area contributed by atoms with E-state index in [0.29, 0.717) is 19.8 Å². The van der Waals surface area contributed by atoms with Crippen molar-refractivity contribution in [3.05, 3.63) is 0 Å². The van der Waals surface area contributed by atoms with Gasteiger partial charge in [0.2, 0.25) is 0 Å². The number of urea groups is 1. The molecule has 1 atom stereocenters. The number of carboxylic acid groups (broad SMARTS) is 1. The molecule has 21 heavy (non-hydrogen) atoms. The lowest BCUT2D eigenvalue weighted by atomic mass is 9.84. The number of nitrogens with one attached hydrogen (secondary N) is 1. The van der Waals surface area contributed by atoms with Crippen molar-refractivity contribution >= 4 is 12.0 Å². The second-order valence-corrected chi connectivity index (χ2v) is 6.68. The van der Waals surface area contributed by atoms with E-state index in [4.69, 9.17) is 4.74 Å². The molecule has 2 fully saturated rings. The Labute approximate surface area is 125 Å². The highest BCUT2D eigenvalue weighted by Crippen LogP contribution is 2.27. The van der Waals surface area contributed by atoms with Crippen LogP contribution in [0.1, 0.15) is 46.0 Å². The molecule has 2 aliphatic rings. The number of hydrogen-bond donors (Lipinski definition) is 2. The molecular formula is C15H26N2O4. The van der Waals surface area contributed by atoms with Gasteiger partial charge in [0.25, 0.3) is 0 Å². The first-order valence-corrected chi connectivity index (χ1v) is 7.80. The molecule has 1 unspecified atom stereocenters. The number of carbonyl (C=O) groups is 2. The molecule has 0 spiro atoms. The number of carboxylic acids is 1. The average molecular weight is 298 g/mol. The molecule has 1 saturated heterocycles. The summed E-state index contributed by atoms with van der Waals surface area (Å²) in [5.41, 5.74) is -0.405. The third-order valence-corrected chi connectivity index (χ3v) is 4.56. The predicted octanol–water partition coefficient (Wildman–Crippen LogP) is 1.84. The van der Waals surface area contributed by atoms with Gasteiger partial charge in [-0.05, 0) is 32.6 Å². The molecular weight excluding hydrogens is 272 g/mol. The van der Waals surface area contributed by atoms with E-state index in [9.17, 15) is 14.7 Å². The number of rotatable bonds is 3. The molecule has 1 aliphatic heterocycles. The van der Waals surface area contributed by atoms with Gasteiger partial charge in [0.1, 0.15) is 6.04 Å². The molecule has 0 bridgehead atoms. The number of hydrogen-bond acceptors (Lipinski definition) is 3. The quantitative estimate of drug-likeness (QED) is 0.833. The molecule has 0 radical (unpaired) electrons. The Morgan fingerprint density at radius 1 is 1.29 bits per heavy atom. The zero-order valence-electron chi connectivity index (χ0n) is 12.9. The van der Waals surface area contributed by atoms with Crippen molar-refractivity contribution in [1.82, 2.24) is 10.2 Å². The number of aliphatic carboxylic acids is 1. The van der Waals surface area contributed by atoms with Crippen LogP contribution in [0.3, 0.4) is 0 Å². The van der Waals surface area contributed by atoms with Gasteiger partial charge in [-0.1, -0.05) is 19.3 Å². The van der Waals surface area contributed by atoms with Crippen LogP contribution in [0.25, 0.3) is 0 Å². The second kappa shape index (κ2) is 6.64. The van der Waals surface area contributed by atoms with E-state index in [2.05, 4.69) is 5.32 Å². The van der Waals surface area contributed by atoms with Crippen LogP contribution in [0.5, 0.6) is 0 Å². The van der Waals surface area contributed by atoms with Crippen molar-refractivity contribution in [3.8, 4) is 0 Å². The fraction of sp³-hybridized carbons (Fsp3) is 0.867. The highest BCUT2D eigenvalue weighted by molar-refractivity contribution is 5.83. The van der Waals surface area contributed by atoms with Gasteiger partial charge in [-0.15, -0.1) is 0 Å². The van der Waals surface area contributed by atoms with Crippen LogP contribution in [0.15, 0.2) is 0 Å². The van der Waals surface area contributed by atoms with E-state index in [1.54, 1.807) is 4.90 Å². The van der Waals surface area contributed by atoms with Crippen LogP contribution in [-0.4, -0.2) is 53.3 Å². The van der Waals surface area contributed by atoms with Gasteiger partial charge in [-0.3, -0.25) is 0 Å². The molecule has 120 valence electrons. The van der Waals surface area contributed by atoms with E-state index in [-0.39, 0.29) is 11.9 Å². The van der Waals surface area contributed by atoms with Crippen molar-refractivity contribution in [3.63, 3.8) is 0 Å². The Morgan fingerprint density at radius 3 is 2.52 bits per heavy atom. The minimum Gasteiger partial charge on any atom is -0.480 e. The van der Waals surface area contributed by atoms with Crippen LogP contribution in [0, 0.1) is 5.92 Å². The van der Waals surface area contributed by atoms with Crippen LogP contribution in [0.4, 0.5) is 4.79 Å². The van der Waals surface area contributed by atoms with Crippen LogP contribution >= 0.6 is 0 Å². The SMILES string of the molecule is CC1(C)COCCN1C(=O)NC(C(=O)O)C1CCCCC1. The van der Waals surface area contributed by atoms with Crippen LogP contribution < -0.4 is 5.32 Å². The smallest absolute Gasteiger partial charge is 0.326 e. The molecule has 0 aromatic rings. The van der Waals surface area contributed by atoms with E-state index in [1.807, 2.05) is 13.8 Å². The van der Waals surface area contributed by atoms with E-state index in [1.165, 1.54) is 0 Å². The van der Waals surface area contributed by atoms with Gasteiger partial charge in [-0.2, -0.15) is 0 Å². The third-order valence-electron chi connectivity index (χ3n) is 4.56. The van der Waals surface area contributed by atoms with E-state index >= 15 is 0 Å². The average Bonchev–Trinajstić information content (AvgIpc) is 2.44. The van der Waals surface area contributed by atoms with E-state index < -0.39 is 17.6 Å². The maximum atomic E-state index is 12.5. The largest absolute Gasteiger partial charge is 0.480 e. The maximum absolute atomic E-state index is 12.5. The Kier molecular flexibility index (Phi) is 5.08. The molecule has 2 rings (SSSR count). The molecule has 2 N–H and O–H groups in total. The highest BCUT2D eigenvalue weighted by atomic mass is 16.5. The van der Waals surface area contributed by atoms with Gasteiger partial charge >= 0.3 is 12.0 Å². The Morgan fingerprint density at radius 2 is 1.95 bits per heavy atom. The predicted molar refractivity (Wildman–Crippen MR) is 78.1 cm³/mol. The minimum absolute atomic E-state index is 0.0457. The maximum Gasteiger partial charge on any atom is 0.326 e. The first-order chi connectivity index (χ1) is 9.92. The standard InChI is InChI=1S/C15H26N2O4/c1-15(2)10-21-9-8-17(15)14(20)16-12(13(18)19)11-6-4-3-5-7-11/h11-12H,3-10H2,1-2H3,(H,16,20)(H,18,19). The molecule has 0 aromatic heterocycles. The van der Waals surface area contributed by atoms with Crippen molar-refractivity contribution < 1.29 is 19.4 Å². The van der Waals surface area contributed by atoms with Crippen LogP contribution in [0.2, 0.25) is 0 Å². The van der Waals surface area contributed by atoms with E-state index in [0.717, 1.165) is 32.1 Å². The Hall–Kier alpha value is -1.30. The summed E-state index contributed by atoms with van der Waals surface area (Å²) in [6.45, 7) is 5.33. The third kappa shape index (κ3) is 3.87. The Balaban J connectivity index is 2.02. The zero-order chi connectivity index (χ0) is 15.5. The van der Waals surface area contributed by atoms with Gasteiger partial charge < -0.3 is 20.1 Å². The van der Waals surface area contributed by atoms with Crippen molar-refractivity contribution in [2.45, 2.75) is 57.5 Å². The lowest BCUT2D eigenvalue weighted by Gasteiger charge is -2.42. The first-order valence-electron chi connectivity index (χ1n) is 7.80. The molecule has 6 heteroatoms. The highest BCUT2D eigenvalue weighted by Gasteiger charge is 2.37. The molecule has 2 amide bonds. The second-order valence-electron chi connectivity index (χ2n) is 6.68. The number of ether oxygens (including phenoxy) is 1. The zero-order valence-corrected chi connectivity index (χ0v) is 12.9.